The first-order chi connectivity index (χ1) is 8.58. The molecule has 0 bridgehead atoms. The fourth-order valence-electron chi connectivity index (χ4n) is 1.45. The molecule has 18 heavy (non-hydrogen) atoms. The van der Waals surface area contributed by atoms with Gasteiger partial charge < -0.3 is 21.8 Å². The number of nitrogens with one attached hydrogen (secondary N) is 3. The third-order valence-electron chi connectivity index (χ3n) is 2.57. The fourth-order valence-corrected chi connectivity index (χ4v) is 1.45. The molecule has 1 aliphatic rings. The smallest absolute Gasteiger partial charge is 0.242 e. The van der Waals surface area contributed by atoms with Gasteiger partial charge in [-0.05, 0) is 19.8 Å². The Kier molecular flexibility index (Phi) is 3.47. The lowest BCUT2D eigenvalue weighted by Crippen LogP contribution is -2.38. The first-order valence-corrected chi connectivity index (χ1v) is 5.76. The Labute approximate surface area is 105 Å². The van der Waals surface area contributed by atoms with E-state index in [2.05, 4.69) is 26.0 Å². The molecule has 0 aromatic carbocycles. The summed E-state index contributed by atoms with van der Waals surface area (Å²) in [5.74, 6) is 6.12. The SMILES string of the molecule is CC(Nc1cc(NN)nc(N)n1)C(=O)NC1CC1. The first kappa shape index (κ1) is 12.4. The molecule has 0 radical (unpaired) electrons. The van der Waals surface area contributed by atoms with Crippen LogP contribution in [0.2, 0.25) is 0 Å². The highest BCUT2D eigenvalue weighted by Gasteiger charge is 2.25. The van der Waals surface area contributed by atoms with Gasteiger partial charge in [0, 0.05) is 12.1 Å². The summed E-state index contributed by atoms with van der Waals surface area (Å²) in [6.07, 6.45) is 2.11. The summed E-state index contributed by atoms with van der Waals surface area (Å²) in [6.45, 7) is 1.76. The molecule has 8 heteroatoms. The number of hydrogen-bond donors (Lipinski definition) is 5. The van der Waals surface area contributed by atoms with Crippen LogP contribution in [-0.2, 0) is 4.79 Å². The lowest BCUT2D eigenvalue weighted by molar-refractivity contribution is -0.121. The quantitative estimate of drug-likeness (QED) is 0.349. The van der Waals surface area contributed by atoms with Crippen LogP contribution < -0.4 is 27.6 Å². The Bertz CT molecular complexity index is 446. The van der Waals surface area contributed by atoms with Gasteiger partial charge in [0.05, 0.1) is 0 Å². The van der Waals surface area contributed by atoms with Crippen molar-refractivity contribution in [2.75, 3.05) is 16.5 Å². The normalized spacial score (nSPS) is 15.9. The predicted octanol–water partition coefficient (Wildman–Crippen LogP) is -0.577. The highest BCUT2D eigenvalue weighted by molar-refractivity contribution is 5.84. The molecule has 7 N–H and O–H groups in total. The highest BCUT2D eigenvalue weighted by Crippen LogP contribution is 2.19. The van der Waals surface area contributed by atoms with Gasteiger partial charge in [-0.2, -0.15) is 9.97 Å². The number of anilines is 3. The van der Waals surface area contributed by atoms with Gasteiger partial charge in [0.2, 0.25) is 11.9 Å². The van der Waals surface area contributed by atoms with Gasteiger partial charge in [0.1, 0.15) is 17.7 Å². The number of nitrogen functional groups attached to an aromatic ring is 2. The largest absolute Gasteiger partial charge is 0.368 e. The van der Waals surface area contributed by atoms with Crippen LogP contribution in [0.4, 0.5) is 17.6 Å². The molecular weight excluding hydrogens is 234 g/mol. The third-order valence-corrected chi connectivity index (χ3v) is 2.57. The Balaban J connectivity index is 1.98. The monoisotopic (exact) mass is 251 g/mol. The summed E-state index contributed by atoms with van der Waals surface area (Å²) in [5, 5.41) is 5.85. The van der Waals surface area contributed by atoms with Crippen molar-refractivity contribution in [2.45, 2.75) is 31.8 Å². The van der Waals surface area contributed by atoms with E-state index < -0.39 is 6.04 Å². The van der Waals surface area contributed by atoms with Crippen molar-refractivity contribution in [3.05, 3.63) is 6.07 Å². The zero-order valence-electron chi connectivity index (χ0n) is 10.1. The van der Waals surface area contributed by atoms with Gasteiger partial charge in [-0.1, -0.05) is 0 Å². The molecule has 1 unspecified atom stereocenters. The molecule has 1 fully saturated rings. The van der Waals surface area contributed by atoms with Crippen LogP contribution in [0.25, 0.3) is 0 Å². The Morgan fingerprint density at radius 3 is 2.72 bits per heavy atom. The maximum absolute atomic E-state index is 11.7. The van der Waals surface area contributed by atoms with Crippen LogP contribution in [0.15, 0.2) is 6.07 Å². The van der Waals surface area contributed by atoms with Crippen LogP contribution in [0.5, 0.6) is 0 Å². The van der Waals surface area contributed by atoms with Crippen molar-refractivity contribution in [2.24, 2.45) is 5.84 Å². The van der Waals surface area contributed by atoms with Gasteiger partial charge in [0.15, 0.2) is 0 Å². The van der Waals surface area contributed by atoms with Gasteiger partial charge >= 0.3 is 0 Å². The van der Waals surface area contributed by atoms with Crippen molar-refractivity contribution in [1.29, 1.82) is 0 Å². The Hall–Kier alpha value is -2.09. The van der Waals surface area contributed by atoms with Crippen molar-refractivity contribution in [3.8, 4) is 0 Å². The minimum Gasteiger partial charge on any atom is -0.368 e. The summed E-state index contributed by atoms with van der Waals surface area (Å²) < 4.78 is 0. The van der Waals surface area contributed by atoms with Gasteiger partial charge in [-0.25, -0.2) is 5.84 Å². The summed E-state index contributed by atoms with van der Waals surface area (Å²) in [4.78, 5) is 19.6. The van der Waals surface area contributed by atoms with E-state index in [-0.39, 0.29) is 11.9 Å². The van der Waals surface area contributed by atoms with Crippen LogP contribution >= 0.6 is 0 Å². The topological polar surface area (TPSA) is 131 Å². The number of carbonyl (C=O) groups is 1. The van der Waals surface area contributed by atoms with Crippen molar-refractivity contribution < 1.29 is 4.79 Å². The number of nitrogens with zero attached hydrogens (tertiary/aromatic N) is 2. The van der Waals surface area contributed by atoms with E-state index in [9.17, 15) is 4.79 Å². The second-order valence-electron chi connectivity index (χ2n) is 4.29. The van der Waals surface area contributed by atoms with E-state index >= 15 is 0 Å². The average molecular weight is 251 g/mol. The molecule has 1 atom stereocenters. The highest BCUT2D eigenvalue weighted by atomic mass is 16.2. The molecule has 0 aliphatic heterocycles. The molecule has 2 rings (SSSR count). The summed E-state index contributed by atoms with van der Waals surface area (Å²) in [5.41, 5.74) is 7.90. The molecule has 1 aliphatic carbocycles. The lowest BCUT2D eigenvalue weighted by atomic mass is 10.3. The minimum absolute atomic E-state index is 0.0584. The van der Waals surface area contributed by atoms with E-state index in [1.165, 1.54) is 0 Å². The maximum atomic E-state index is 11.7. The van der Waals surface area contributed by atoms with Crippen molar-refractivity contribution in [1.82, 2.24) is 15.3 Å². The maximum Gasteiger partial charge on any atom is 0.242 e. The number of hydrogen-bond acceptors (Lipinski definition) is 7. The number of aromatic nitrogens is 2. The number of amides is 1. The van der Waals surface area contributed by atoms with Crippen LogP contribution in [0, 0.1) is 0 Å². The third kappa shape index (κ3) is 3.20. The predicted molar refractivity (Wildman–Crippen MR) is 68.5 cm³/mol. The van der Waals surface area contributed by atoms with E-state index in [1.54, 1.807) is 13.0 Å². The lowest BCUT2D eigenvalue weighted by Gasteiger charge is -2.15. The second kappa shape index (κ2) is 5.05. The summed E-state index contributed by atoms with van der Waals surface area (Å²) >= 11 is 0. The summed E-state index contributed by atoms with van der Waals surface area (Å²) in [7, 11) is 0. The zero-order valence-corrected chi connectivity index (χ0v) is 10.1. The van der Waals surface area contributed by atoms with Gasteiger partial charge in [0.25, 0.3) is 0 Å². The molecule has 1 aromatic heterocycles. The molecular formula is C10H17N7O. The first-order valence-electron chi connectivity index (χ1n) is 5.76. The number of hydrazine groups is 1. The molecule has 1 aromatic rings. The molecule has 1 saturated carbocycles. The van der Waals surface area contributed by atoms with E-state index in [1.807, 2.05) is 0 Å². The van der Waals surface area contributed by atoms with Crippen molar-refractivity contribution in [3.63, 3.8) is 0 Å². The van der Waals surface area contributed by atoms with Crippen LogP contribution in [-0.4, -0.2) is 28.0 Å². The molecule has 98 valence electrons. The fraction of sp³-hybridized carbons (Fsp3) is 0.500. The van der Waals surface area contributed by atoms with Crippen LogP contribution in [0.1, 0.15) is 19.8 Å². The molecule has 1 amide bonds. The van der Waals surface area contributed by atoms with Crippen LogP contribution in [0.3, 0.4) is 0 Å². The minimum atomic E-state index is -0.398. The second-order valence-corrected chi connectivity index (χ2v) is 4.29. The number of nitrogens with two attached hydrogens (primary N) is 2. The van der Waals surface area contributed by atoms with E-state index in [0.717, 1.165) is 12.8 Å². The van der Waals surface area contributed by atoms with Gasteiger partial charge in [-0.3, -0.25) is 4.79 Å². The van der Waals surface area contributed by atoms with E-state index in [4.69, 9.17) is 11.6 Å². The standard InChI is InChI=1S/C10H17N7O/c1-5(9(18)14-6-2-3-6)13-7-4-8(17-12)16-10(11)15-7/h4-6H,2-3,12H2,1H3,(H,14,18)(H4,11,13,15,16,17). The van der Waals surface area contributed by atoms with E-state index in [0.29, 0.717) is 17.7 Å². The molecule has 8 nitrogen and oxygen atoms in total. The van der Waals surface area contributed by atoms with Gasteiger partial charge in [-0.15, -0.1) is 0 Å². The Morgan fingerprint density at radius 2 is 2.11 bits per heavy atom. The molecule has 0 spiro atoms. The molecule has 1 heterocycles. The van der Waals surface area contributed by atoms with Crippen molar-refractivity contribution >= 4 is 23.5 Å². The number of rotatable bonds is 5. The average Bonchev–Trinajstić information content (AvgIpc) is 3.11. The molecule has 0 saturated heterocycles. The zero-order chi connectivity index (χ0) is 13.1. The Morgan fingerprint density at radius 1 is 1.44 bits per heavy atom. The number of carbonyl (C=O) groups excluding carboxylic acids is 1. The summed E-state index contributed by atoms with van der Waals surface area (Å²) in [6, 6.07) is 1.51.